The highest BCUT2D eigenvalue weighted by molar-refractivity contribution is 5.73. The lowest BCUT2D eigenvalue weighted by molar-refractivity contribution is 0.0460. The second-order valence-electron chi connectivity index (χ2n) is 6.57. The number of amides is 1. The number of carbonyl (C=O) groups is 1. The Morgan fingerprint density at radius 3 is 2.59 bits per heavy atom. The summed E-state index contributed by atoms with van der Waals surface area (Å²) in [5.41, 5.74) is 0.983. The minimum atomic E-state index is -1.42. The number of halogens is 2. The second kappa shape index (κ2) is 6.46. The van der Waals surface area contributed by atoms with Crippen molar-refractivity contribution in [2.75, 3.05) is 0 Å². The van der Waals surface area contributed by atoms with Gasteiger partial charge in [0, 0.05) is 23.5 Å². The first kappa shape index (κ1) is 17.1. The Bertz CT molecular complexity index is 1010. The Hall–Kier alpha value is -3.28. The Morgan fingerprint density at radius 2 is 1.81 bits per heavy atom. The van der Waals surface area contributed by atoms with Gasteiger partial charge in [0.25, 0.3) is 0 Å². The highest BCUT2D eigenvalue weighted by Gasteiger charge is 2.49. The average molecular weight is 366 g/mol. The number of benzene rings is 2. The number of rotatable bonds is 3. The van der Waals surface area contributed by atoms with Crippen LogP contribution in [0.15, 0.2) is 67.0 Å². The van der Waals surface area contributed by atoms with E-state index in [1.165, 1.54) is 0 Å². The lowest BCUT2D eigenvalue weighted by Crippen LogP contribution is -2.32. The van der Waals surface area contributed by atoms with E-state index < -0.39 is 29.4 Å². The summed E-state index contributed by atoms with van der Waals surface area (Å²) >= 11 is 0. The van der Waals surface area contributed by atoms with Gasteiger partial charge in [0.05, 0.1) is 0 Å². The van der Waals surface area contributed by atoms with Crippen molar-refractivity contribution < 1.29 is 18.3 Å². The van der Waals surface area contributed by atoms with Crippen molar-refractivity contribution in [3.8, 4) is 11.1 Å². The maximum Gasteiger partial charge on any atom is 0.408 e. The molecule has 136 valence electrons. The molecule has 2 aromatic carbocycles. The number of nitrogens with zero attached hydrogens (tertiary/aromatic N) is 1. The maximum atomic E-state index is 14.4. The van der Waals surface area contributed by atoms with Gasteiger partial charge in [-0.1, -0.05) is 30.3 Å². The van der Waals surface area contributed by atoms with Crippen molar-refractivity contribution in [1.82, 2.24) is 10.3 Å². The van der Waals surface area contributed by atoms with Gasteiger partial charge in [-0.2, -0.15) is 0 Å². The number of cyclic esters (lactones) is 1. The Kier molecular flexibility index (Phi) is 4.11. The average Bonchev–Trinajstić information content (AvgIpc) is 3.00. The SMILES string of the molecule is C[C@]1(c2cc(F)ccc2F)OC(=O)N[C@H]1c1cncc(-c2ccccc2)c1. The van der Waals surface area contributed by atoms with E-state index in [4.69, 9.17) is 4.74 Å². The monoisotopic (exact) mass is 366 g/mol. The molecule has 0 spiro atoms. The quantitative estimate of drug-likeness (QED) is 0.730. The normalized spacial score (nSPS) is 21.6. The van der Waals surface area contributed by atoms with Gasteiger partial charge < -0.3 is 10.1 Å². The van der Waals surface area contributed by atoms with Gasteiger partial charge in [0.15, 0.2) is 5.60 Å². The molecule has 1 fully saturated rings. The van der Waals surface area contributed by atoms with Crippen LogP contribution in [0.3, 0.4) is 0 Å². The number of hydrogen-bond donors (Lipinski definition) is 1. The molecule has 2 atom stereocenters. The van der Waals surface area contributed by atoms with Crippen molar-refractivity contribution in [2.45, 2.75) is 18.6 Å². The van der Waals surface area contributed by atoms with E-state index in [9.17, 15) is 13.6 Å². The molecule has 0 aliphatic carbocycles. The van der Waals surface area contributed by atoms with Gasteiger partial charge in [-0.25, -0.2) is 13.6 Å². The molecule has 3 aromatic rings. The predicted molar refractivity (Wildman–Crippen MR) is 95.7 cm³/mol. The summed E-state index contributed by atoms with van der Waals surface area (Å²) in [4.78, 5) is 16.3. The molecule has 1 saturated heterocycles. The fourth-order valence-corrected chi connectivity index (χ4v) is 3.43. The van der Waals surface area contributed by atoms with E-state index >= 15 is 0 Å². The lowest BCUT2D eigenvalue weighted by Gasteiger charge is -2.29. The molecule has 1 aliphatic rings. The number of aromatic nitrogens is 1. The molecule has 1 aromatic heterocycles. The number of carbonyl (C=O) groups excluding carboxylic acids is 1. The fourth-order valence-electron chi connectivity index (χ4n) is 3.43. The van der Waals surface area contributed by atoms with Crippen molar-refractivity contribution in [3.63, 3.8) is 0 Å². The Labute approximate surface area is 154 Å². The van der Waals surface area contributed by atoms with Crippen LogP contribution in [0.25, 0.3) is 11.1 Å². The van der Waals surface area contributed by atoms with Crippen LogP contribution in [-0.2, 0) is 10.3 Å². The molecule has 6 heteroatoms. The predicted octanol–water partition coefficient (Wildman–Crippen LogP) is 4.72. The molecular formula is C21H16F2N2O2. The zero-order chi connectivity index (χ0) is 19.0. The van der Waals surface area contributed by atoms with Crippen LogP contribution in [0, 0.1) is 11.6 Å². The van der Waals surface area contributed by atoms with Crippen molar-refractivity contribution in [3.05, 3.63) is 89.8 Å². The summed E-state index contributed by atoms with van der Waals surface area (Å²) in [7, 11) is 0. The molecule has 27 heavy (non-hydrogen) atoms. The number of nitrogens with one attached hydrogen (secondary N) is 1. The maximum absolute atomic E-state index is 14.4. The van der Waals surface area contributed by atoms with Crippen LogP contribution < -0.4 is 5.32 Å². The third-order valence-electron chi connectivity index (χ3n) is 4.78. The van der Waals surface area contributed by atoms with Crippen LogP contribution in [-0.4, -0.2) is 11.1 Å². The number of alkyl carbamates (subject to hydrolysis) is 1. The van der Waals surface area contributed by atoms with Gasteiger partial charge in [-0.15, -0.1) is 0 Å². The third-order valence-corrected chi connectivity index (χ3v) is 4.78. The van der Waals surface area contributed by atoms with Gasteiger partial charge >= 0.3 is 6.09 Å². The van der Waals surface area contributed by atoms with Crippen LogP contribution >= 0.6 is 0 Å². The van der Waals surface area contributed by atoms with Gasteiger partial charge in [0.2, 0.25) is 0 Å². The molecule has 4 rings (SSSR count). The van der Waals surface area contributed by atoms with Crippen LogP contribution in [0.4, 0.5) is 13.6 Å². The Morgan fingerprint density at radius 1 is 1.04 bits per heavy atom. The third kappa shape index (κ3) is 3.03. The number of hydrogen-bond acceptors (Lipinski definition) is 3. The van der Waals surface area contributed by atoms with Crippen molar-refractivity contribution in [1.29, 1.82) is 0 Å². The second-order valence-corrected chi connectivity index (χ2v) is 6.57. The van der Waals surface area contributed by atoms with Crippen molar-refractivity contribution in [2.24, 2.45) is 0 Å². The van der Waals surface area contributed by atoms with E-state index in [2.05, 4.69) is 10.3 Å². The largest absolute Gasteiger partial charge is 0.436 e. The highest BCUT2D eigenvalue weighted by atomic mass is 19.1. The topological polar surface area (TPSA) is 51.2 Å². The molecular weight excluding hydrogens is 350 g/mol. The minimum absolute atomic E-state index is 0.0315. The first-order valence-electron chi connectivity index (χ1n) is 8.43. The lowest BCUT2D eigenvalue weighted by atomic mass is 9.84. The zero-order valence-corrected chi connectivity index (χ0v) is 14.4. The standard InChI is InChI=1S/C21H16F2N2O2/c1-21(17-10-16(22)7-8-18(17)23)19(25-20(26)27-21)15-9-14(11-24-12-15)13-5-3-2-4-6-13/h2-12,19H,1H3,(H,25,26)/t19-,21+/m0/s1. The highest BCUT2D eigenvalue weighted by Crippen LogP contribution is 2.44. The van der Waals surface area contributed by atoms with E-state index in [0.29, 0.717) is 5.56 Å². The summed E-state index contributed by atoms with van der Waals surface area (Å²) in [5.74, 6) is -1.25. The molecule has 0 saturated carbocycles. The van der Waals surface area contributed by atoms with E-state index in [1.54, 1.807) is 19.3 Å². The first-order valence-corrected chi connectivity index (χ1v) is 8.43. The van der Waals surface area contributed by atoms with Gasteiger partial charge in [-0.3, -0.25) is 4.98 Å². The molecule has 1 amide bonds. The molecule has 1 aliphatic heterocycles. The molecule has 2 heterocycles. The van der Waals surface area contributed by atoms with Gasteiger partial charge in [0.1, 0.15) is 17.7 Å². The molecule has 0 unspecified atom stereocenters. The minimum Gasteiger partial charge on any atom is -0.436 e. The summed E-state index contributed by atoms with van der Waals surface area (Å²) in [6.45, 7) is 1.56. The first-order chi connectivity index (χ1) is 13.0. The van der Waals surface area contributed by atoms with Gasteiger partial charge in [-0.05, 0) is 42.3 Å². The summed E-state index contributed by atoms with van der Waals surface area (Å²) in [6.07, 6.45) is 2.59. The smallest absolute Gasteiger partial charge is 0.408 e. The summed E-state index contributed by atoms with van der Waals surface area (Å²) in [6, 6.07) is 13.9. The summed E-state index contributed by atoms with van der Waals surface area (Å²) < 4.78 is 33.6. The Balaban J connectivity index is 1.80. The van der Waals surface area contributed by atoms with E-state index in [-0.39, 0.29) is 5.56 Å². The van der Waals surface area contributed by atoms with Crippen molar-refractivity contribution >= 4 is 6.09 Å². The number of ether oxygens (including phenoxy) is 1. The van der Waals surface area contributed by atoms with E-state index in [0.717, 1.165) is 29.3 Å². The molecule has 0 bridgehead atoms. The zero-order valence-electron chi connectivity index (χ0n) is 14.4. The fraction of sp³-hybridized carbons (Fsp3) is 0.143. The molecule has 0 radical (unpaired) electrons. The van der Waals surface area contributed by atoms with Crippen LogP contribution in [0.1, 0.15) is 24.1 Å². The number of pyridine rings is 1. The summed E-state index contributed by atoms with van der Waals surface area (Å²) in [5, 5.41) is 2.69. The van der Waals surface area contributed by atoms with Crippen LogP contribution in [0.5, 0.6) is 0 Å². The van der Waals surface area contributed by atoms with E-state index in [1.807, 2.05) is 36.4 Å². The molecule has 1 N–H and O–H groups in total. The molecule has 4 nitrogen and oxygen atoms in total. The van der Waals surface area contributed by atoms with Crippen LogP contribution in [0.2, 0.25) is 0 Å².